The van der Waals surface area contributed by atoms with Gasteiger partial charge in [-0.1, -0.05) is 48.5 Å². The maximum atomic E-state index is 12.5. The minimum atomic E-state index is -0.435. The highest BCUT2D eigenvalue weighted by Gasteiger charge is 2.21. The highest BCUT2D eigenvalue weighted by Crippen LogP contribution is 2.25. The topological polar surface area (TPSA) is 108 Å². The summed E-state index contributed by atoms with van der Waals surface area (Å²) in [5.74, 6) is -0.138. The number of nitrogens with zero attached hydrogens (tertiary/aromatic N) is 5. The normalized spacial score (nSPS) is 10.9. The molecule has 0 aliphatic heterocycles. The molecule has 2 aromatic heterocycles. The first kappa shape index (κ1) is 22.9. The average molecular weight is 459 g/mol. The first-order valence-corrected chi connectivity index (χ1v) is 11.0. The highest BCUT2D eigenvalue weighted by atomic mass is 16.6. The Morgan fingerprint density at radius 1 is 1.12 bits per heavy atom. The molecule has 34 heavy (non-hydrogen) atoms. The Labute approximate surface area is 197 Å². The number of benzene rings is 2. The zero-order valence-corrected chi connectivity index (χ0v) is 19.1. The monoisotopic (exact) mass is 458 g/mol. The predicted octanol–water partition coefficient (Wildman–Crippen LogP) is 4.03. The van der Waals surface area contributed by atoms with Gasteiger partial charge in [0.1, 0.15) is 11.4 Å². The Hall–Kier alpha value is -4.27. The number of hydrogen-bond acceptors (Lipinski definition) is 5. The molecule has 4 rings (SSSR count). The second kappa shape index (κ2) is 10.1. The lowest BCUT2D eigenvalue weighted by Gasteiger charge is -2.12. The minimum Gasteiger partial charge on any atom is -0.352 e. The van der Waals surface area contributed by atoms with Crippen molar-refractivity contribution in [3.05, 3.63) is 99.9 Å². The number of rotatable bonds is 9. The van der Waals surface area contributed by atoms with E-state index in [1.807, 2.05) is 35.0 Å². The smallest absolute Gasteiger partial charge is 0.312 e. The molecule has 0 bridgehead atoms. The van der Waals surface area contributed by atoms with Gasteiger partial charge >= 0.3 is 5.69 Å². The fourth-order valence-corrected chi connectivity index (χ4v) is 4.00. The molecule has 0 radical (unpaired) electrons. The van der Waals surface area contributed by atoms with E-state index in [2.05, 4.69) is 39.7 Å². The van der Waals surface area contributed by atoms with Crippen molar-refractivity contribution in [1.82, 2.24) is 24.6 Å². The third-order valence-electron chi connectivity index (χ3n) is 5.76. The lowest BCUT2D eigenvalue weighted by Crippen LogP contribution is -2.24. The summed E-state index contributed by atoms with van der Waals surface area (Å²) >= 11 is 0. The van der Waals surface area contributed by atoms with Gasteiger partial charge in [-0.2, -0.15) is 5.10 Å². The molecule has 9 heteroatoms. The molecule has 0 saturated heterocycles. The van der Waals surface area contributed by atoms with Crippen molar-refractivity contribution in [2.75, 3.05) is 0 Å². The molecule has 2 aromatic carbocycles. The largest absolute Gasteiger partial charge is 0.352 e. The molecule has 1 amide bonds. The van der Waals surface area contributed by atoms with Crippen LogP contribution < -0.4 is 5.32 Å². The van der Waals surface area contributed by atoms with Crippen molar-refractivity contribution in [2.45, 2.75) is 39.9 Å². The van der Waals surface area contributed by atoms with Gasteiger partial charge in [-0.15, -0.1) is 0 Å². The first-order valence-electron chi connectivity index (χ1n) is 11.0. The van der Waals surface area contributed by atoms with Gasteiger partial charge < -0.3 is 9.88 Å². The van der Waals surface area contributed by atoms with Crippen LogP contribution in [0.1, 0.15) is 28.9 Å². The van der Waals surface area contributed by atoms with Crippen LogP contribution in [0.25, 0.3) is 11.1 Å². The number of carbonyl (C=O) groups is 1. The van der Waals surface area contributed by atoms with Crippen LogP contribution in [0, 0.1) is 24.0 Å². The molecule has 0 atom stereocenters. The van der Waals surface area contributed by atoms with Crippen LogP contribution in [0.15, 0.2) is 67.3 Å². The van der Waals surface area contributed by atoms with Crippen LogP contribution in [-0.2, 0) is 24.4 Å². The molecule has 2 heterocycles. The zero-order valence-electron chi connectivity index (χ0n) is 19.1. The van der Waals surface area contributed by atoms with E-state index < -0.39 is 4.92 Å². The summed E-state index contributed by atoms with van der Waals surface area (Å²) in [5.41, 5.74) is 5.15. The average Bonchev–Trinajstić information content (AvgIpc) is 3.44. The molecular formula is C25H26N6O3. The maximum Gasteiger partial charge on any atom is 0.312 e. The number of aryl methyl sites for hydroxylation is 2. The van der Waals surface area contributed by atoms with E-state index in [4.69, 9.17) is 0 Å². The number of aromatic nitrogens is 4. The third-order valence-corrected chi connectivity index (χ3v) is 5.76. The molecule has 0 spiro atoms. The van der Waals surface area contributed by atoms with E-state index in [1.165, 1.54) is 10.2 Å². The van der Waals surface area contributed by atoms with Gasteiger partial charge in [0.15, 0.2) is 0 Å². The van der Waals surface area contributed by atoms with Gasteiger partial charge in [0.2, 0.25) is 5.91 Å². The standard InChI is InChI=1S/C25H26N6O3/c1-18-25(31(33)34)19(2)30(28-18)13-11-24(32)27-15-22-5-3-4-6-23(22)21-9-7-20(8-10-21)16-29-14-12-26-17-29/h3-10,12,14,17H,11,13,15-16H2,1-2H3,(H,27,32). The van der Waals surface area contributed by atoms with Crippen LogP contribution in [0.2, 0.25) is 0 Å². The van der Waals surface area contributed by atoms with Gasteiger partial charge in [0.05, 0.1) is 17.8 Å². The number of hydrogen-bond donors (Lipinski definition) is 1. The molecule has 0 fully saturated rings. The Kier molecular flexibility index (Phi) is 6.82. The van der Waals surface area contributed by atoms with E-state index in [-0.39, 0.29) is 24.6 Å². The molecular weight excluding hydrogens is 432 g/mol. The van der Waals surface area contributed by atoms with Gasteiger partial charge in [-0.3, -0.25) is 19.6 Å². The van der Waals surface area contributed by atoms with Gasteiger partial charge in [0.25, 0.3) is 0 Å². The number of imidazole rings is 1. The molecule has 0 aliphatic carbocycles. The summed E-state index contributed by atoms with van der Waals surface area (Å²) in [6, 6.07) is 16.3. The van der Waals surface area contributed by atoms with Crippen molar-refractivity contribution in [3.8, 4) is 11.1 Å². The molecule has 9 nitrogen and oxygen atoms in total. The van der Waals surface area contributed by atoms with Crippen molar-refractivity contribution >= 4 is 11.6 Å². The quantitative estimate of drug-likeness (QED) is 0.301. The number of nitrogens with one attached hydrogen (secondary N) is 1. The lowest BCUT2D eigenvalue weighted by atomic mass is 9.98. The van der Waals surface area contributed by atoms with Crippen LogP contribution in [0.5, 0.6) is 0 Å². The van der Waals surface area contributed by atoms with E-state index >= 15 is 0 Å². The molecule has 0 unspecified atom stereocenters. The van der Waals surface area contributed by atoms with Crippen LogP contribution in [0.4, 0.5) is 5.69 Å². The first-order chi connectivity index (χ1) is 16.4. The van der Waals surface area contributed by atoms with Crippen molar-refractivity contribution in [1.29, 1.82) is 0 Å². The summed E-state index contributed by atoms with van der Waals surface area (Å²) in [7, 11) is 0. The van der Waals surface area contributed by atoms with E-state index in [9.17, 15) is 14.9 Å². The van der Waals surface area contributed by atoms with Gasteiger partial charge in [-0.25, -0.2) is 4.98 Å². The predicted molar refractivity (Wildman–Crippen MR) is 128 cm³/mol. The third kappa shape index (κ3) is 5.20. The lowest BCUT2D eigenvalue weighted by molar-refractivity contribution is -0.386. The fraction of sp³-hybridized carbons (Fsp3) is 0.240. The summed E-state index contributed by atoms with van der Waals surface area (Å²) in [5, 5.41) is 18.3. The summed E-state index contributed by atoms with van der Waals surface area (Å²) in [6.45, 7) is 4.68. The molecule has 4 aromatic rings. The van der Waals surface area contributed by atoms with Crippen molar-refractivity contribution in [3.63, 3.8) is 0 Å². The minimum absolute atomic E-state index is 0.00498. The Bertz CT molecular complexity index is 1290. The van der Waals surface area contributed by atoms with E-state index in [0.717, 1.165) is 23.2 Å². The summed E-state index contributed by atoms with van der Waals surface area (Å²) < 4.78 is 3.54. The van der Waals surface area contributed by atoms with Crippen LogP contribution in [-0.4, -0.2) is 30.2 Å². The Morgan fingerprint density at radius 3 is 2.56 bits per heavy atom. The molecule has 0 aliphatic rings. The Balaban J connectivity index is 1.37. The van der Waals surface area contributed by atoms with Crippen molar-refractivity contribution < 1.29 is 9.72 Å². The van der Waals surface area contributed by atoms with Crippen molar-refractivity contribution in [2.24, 2.45) is 0 Å². The Morgan fingerprint density at radius 2 is 1.88 bits per heavy atom. The zero-order chi connectivity index (χ0) is 24.1. The second-order valence-electron chi connectivity index (χ2n) is 8.12. The molecule has 1 N–H and O–H groups in total. The second-order valence-corrected chi connectivity index (χ2v) is 8.12. The fourth-order valence-electron chi connectivity index (χ4n) is 4.00. The van der Waals surface area contributed by atoms with Gasteiger partial charge in [0, 0.05) is 31.9 Å². The van der Waals surface area contributed by atoms with Crippen LogP contribution in [0.3, 0.4) is 0 Å². The molecule has 0 saturated carbocycles. The summed E-state index contributed by atoms with van der Waals surface area (Å²) in [6.07, 6.45) is 5.67. The van der Waals surface area contributed by atoms with E-state index in [0.29, 0.717) is 17.9 Å². The highest BCUT2D eigenvalue weighted by molar-refractivity contribution is 5.76. The van der Waals surface area contributed by atoms with Crippen LogP contribution >= 0.6 is 0 Å². The van der Waals surface area contributed by atoms with Gasteiger partial charge in [-0.05, 0) is 36.1 Å². The van der Waals surface area contributed by atoms with E-state index in [1.54, 1.807) is 26.4 Å². The number of carbonyl (C=O) groups excluding carboxylic acids is 1. The number of amides is 1. The summed E-state index contributed by atoms with van der Waals surface area (Å²) in [4.78, 5) is 27.3. The maximum absolute atomic E-state index is 12.5. The molecule has 174 valence electrons. The SMILES string of the molecule is Cc1nn(CCC(=O)NCc2ccccc2-c2ccc(Cn3ccnc3)cc2)c(C)c1[N+](=O)[O-]. The number of nitro groups is 1.